The van der Waals surface area contributed by atoms with Crippen molar-refractivity contribution in [2.45, 2.75) is 4.90 Å². The van der Waals surface area contributed by atoms with E-state index in [1.54, 1.807) is 42.5 Å². The van der Waals surface area contributed by atoms with Gasteiger partial charge < -0.3 is 10.1 Å². The van der Waals surface area contributed by atoms with Crippen molar-refractivity contribution < 1.29 is 17.9 Å². The van der Waals surface area contributed by atoms with Crippen LogP contribution in [-0.2, 0) is 14.6 Å². The first-order valence-corrected chi connectivity index (χ1v) is 9.59. The second kappa shape index (κ2) is 7.84. The van der Waals surface area contributed by atoms with Crippen molar-refractivity contribution in [1.82, 2.24) is 0 Å². The van der Waals surface area contributed by atoms with Crippen LogP contribution >= 0.6 is 0 Å². The molecule has 0 aliphatic heterocycles. The molecule has 26 heavy (non-hydrogen) atoms. The monoisotopic (exact) mass is 367 g/mol. The third-order valence-electron chi connectivity index (χ3n) is 3.54. The Kier molecular flexibility index (Phi) is 5.34. The maximum absolute atomic E-state index is 12.2. The highest BCUT2D eigenvalue weighted by atomic mass is 32.2. The van der Waals surface area contributed by atoms with Crippen molar-refractivity contribution in [2.24, 2.45) is 0 Å². The number of anilines is 1. The van der Waals surface area contributed by atoms with Gasteiger partial charge in [-0.3, -0.25) is 4.79 Å². The molecule has 0 saturated carbocycles. The number of amides is 1. The van der Waals surface area contributed by atoms with E-state index in [0.717, 1.165) is 0 Å². The Morgan fingerprint density at radius 2 is 1.31 bits per heavy atom. The van der Waals surface area contributed by atoms with Gasteiger partial charge in [0, 0.05) is 5.69 Å². The molecule has 1 N–H and O–H groups in total. The van der Waals surface area contributed by atoms with Crippen LogP contribution in [0.1, 0.15) is 0 Å². The first kappa shape index (κ1) is 17.7. The number of para-hydroxylation sites is 1. The van der Waals surface area contributed by atoms with Gasteiger partial charge in [0.1, 0.15) is 17.3 Å². The molecule has 0 spiro atoms. The molecule has 0 aromatic heterocycles. The van der Waals surface area contributed by atoms with Gasteiger partial charge in [0.25, 0.3) is 0 Å². The van der Waals surface area contributed by atoms with Crippen LogP contribution in [0.25, 0.3) is 0 Å². The van der Waals surface area contributed by atoms with Crippen molar-refractivity contribution in [3.8, 4) is 11.5 Å². The van der Waals surface area contributed by atoms with Crippen LogP contribution in [0.4, 0.5) is 5.69 Å². The van der Waals surface area contributed by atoms with Crippen LogP contribution in [0.2, 0.25) is 0 Å². The Bertz CT molecular complexity index is 969. The van der Waals surface area contributed by atoms with Gasteiger partial charge in [-0.2, -0.15) is 0 Å². The molecule has 0 heterocycles. The quantitative estimate of drug-likeness (QED) is 0.717. The van der Waals surface area contributed by atoms with Gasteiger partial charge in [0.15, 0.2) is 9.84 Å². The van der Waals surface area contributed by atoms with Crippen LogP contribution in [0.3, 0.4) is 0 Å². The van der Waals surface area contributed by atoms with Crippen LogP contribution < -0.4 is 10.1 Å². The van der Waals surface area contributed by atoms with Crippen molar-refractivity contribution in [3.05, 3.63) is 84.9 Å². The first-order chi connectivity index (χ1) is 12.5. The number of benzene rings is 3. The summed E-state index contributed by atoms with van der Waals surface area (Å²) in [5, 5.41) is 2.59. The topological polar surface area (TPSA) is 72.5 Å². The van der Waals surface area contributed by atoms with Gasteiger partial charge in [-0.15, -0.1) is 0 Å². The molecule has 132 valence electrons. The zero-order chi connectivity index (χ0) is 18.4. The lowest BCUT2D eigenvalue weighted by molar-refractivity contribution is -0.113. The summed E-state index contributed by atoms with van der Waals surface area (Å²) in [4.78, 5) is 12.2. The molecule has 5 nitrogen and oxygen atoms in total. The number of ether oxygens (including phenoxy) is 1. The molecule has 0 unspecified atom stereocenters. The molecule has 3 rings (SSSR count). The van der Waals surface area contributed by atoms with E-state index in [4.69, 9.17) is 4.74 Å². The number of hydrogen-bond donors (Lipinski definition) is 1. The van der Waals surface area contributed by atoms with E-state index < -0.39 is 21.5 Å². The average Bonchev–Trinajstić information content (AvgIpc) is 2.64. The molecular formula is C20H17NO4S. The van der Waals surface area contributed by atoms with Gasteiger partial charge in [-0.1, -0.05) is 36.4 Å². The summed E-state index contributed by atoms with van der Waals surface area (Å²) in [6, 6.07) is 23.9. The normalized spacial score (nSPS) is 10.9. The predicted octanol–water partition coefficient (Wildman–Crippen LogP) is 3.89. The molecule has 0 bridgehead atoms. The summed E-state index contributed by atoms with van der Waals surface area (Å²) in [6.07, 6.45) is 0. The summed E-state index contributed by atoms with van der Waals surface area (Å²) in [5.41, 5.74) is 0.499. The second-order valence-electron chi connectivity index (χ2n) is 5.56. The van der Waals surface area contributed by atoms with Crippen LogP contribution in [-0.4, -0.2) is 20.1 Å². The molecule has 0 atom stereocenters. The molecule has 3 aromatic carbocycles. The number of nitrogens with one attached hydrogen (secondary N) is 1. The lowest BCUT2D eigenvalue weighted by Gasteiger charge is -2.08. The standard InChI is InChI=1S/C20H17NO4S/c22-20(15-26(23,24)19-9-5-2-6-10-19)21-16-11-13-18(14-12-16)25-17-7-3-1-4-8-17/h1-14H,15H2,(H,21,22). The fraction of sp³-hybridized carbons (Fsp3) is 0.0500. The van der Waals surface area contributed by atoms with E-state index in [1.807, 2.05) is 30.3 Å². The smallest absolute Gasteiger partial charge is 0.239 e. The molecule has 0 aliphatic carbocycles. The number of sulfone groups is 1. The van der Waals surface area contributed by atoms with Gasteiger partial charge >= 0.3 is 0 Å². The van der Waals surface area contributed by atoms with E-state index in [9.17, 15) is 13.2 Å². The highest BCUT2D eigenvalue weighted by Gasteiger charge is 2.19. The highest BCUT2D eigenvalue weighted by Crippen LogP contribution is 2.22. The zero-order valence-electron chi connectivity index (χ0n) is 13.8. The lowest BCUT2D eigenvalue weighted by Crippen LogP contribution is -2.22. The number of carbonyl (C=O) groups excluding carboxylic acids is 1. The molecule has 0 fully saturated rings. The second-order valence-corrected chi connectivity index (χ2v) is 7.55. The zero-order valence-corrected chi connectivity index (χ0v) is 14.6. The largest absolute Gasteiger partial charge is 0.457 e. The molecule has 6 heteroatoms. The number of hydrogen-bond acceptors (Lipinski definition) is 4. The van der Waals surface area contributed by atoms with Crippen LogP contribution in [0.15, 0.2) is 89.8 Å². The van der Waals surface area contributed by atoms with Crippen molar-refractivity contribution in [2.75, 3.05) is 11.1 Å². The van der Waals surface area contributed by atoms with E-state index in [2.05, 4.69) is 5.32 Å². The van der Waals surface area contributed by atoms with Crippen molar-refractivity contribution >= 4 is 21.4 Å². The Balaban J connectivity index is 1.61. The van der Waals surface area contributed by atoms with Crippen LogP contribution in [0, 0.1) is 0 Å². The minimum absolute atomic E-state index is 0.127. The summed E-state index contributed by atoms with van der Waals surface area (Å²) in [5.74, 6) is 0.120. The van der Waals surface area contributed by atoms with E-state index >= 15 is 0 Å². The molecule has 0 radical (unpaired) electrons. The van der Waals surface area contributed by atoms with Crippen LogP contribution in [0.5, 0.6) is 11.5 Å². The summed E-state index contributed by atoms with van der Waals surface area (Å²) < 4.78 is 30.1. The Morgan fingerprint density at radius 3 is 1.92 bits per heavy atom. The van der Waals surface area contributed by atoms with Crippen molar-refractivity contribution in [1.29, 1.82) is 0 Å². The van der Waals surface area contributed by atoms with E-state index in [0.29, 0.717) is 17.2 Å². The van der Waals surface area contributed by atoms with E-state index in [1.165, 1.54) is 12.1 Å². The lowest BCUT2D eigenvalue weighted by atomic mass is 10.3. The molecule has 3 aromatic rings. The van der Waals surface area contributed by atoms with Crippen molar-refractivity contribution in [3.63, 3.8) is 0 Å². The Labute approximate surface area is 152 Å². The maximum Gasteiger partial charge on any atom is 0.239 e. The minimum Gasteiger partial charge on any atom is -0.457 e. The van der Waals surface area contributed by atoms with Gasteiger partial charge in [0.2, 0.25) is 5.91 Å². The summed E-state index contributed by atoms with van der Waals surface area (Å²) in [6.45, 7) is 0. The fourth-order valence-corrected chi connectivity index (χ4v) is 3.47. The maximum atomic E-state index is 12.2. The molecule has 0 aliphatic rings. The third-order valence-corrected chi connectivity index (χ3v) is 5.17. The molecule has 0 saturated heterocycles. The van der Waals surface area contributed by atoms with Gasteiger partial charge in [-0.05, 0) is 48.5 Å². The minimum atomic E-state index is -3.67. The van der Waals surface area contributed by atoms with Gasteiger partial charge in [0.05, 0.1) is 4.90 Å². The predicted molar refractivity (Wildman–Crippen MR) is 100 cm³/mol. The fourth-order valence-electron chi connectivity index (χ4n) is 2.31. The number of carbonyl (C=O) groups is 1. The summed E-state index contributed by atoms with van der Waals surface area (Å²) >= 11 is 0. The average molecular weight is 367 g/mol. The Morgan fingerprint density at radius 1 is 0.769 bits per heavy atom. The SMILES string of the molecule is O=C(CS(=O)(=O)c1ccccc1)Nc1ccc(Oc2ccccc2)cc1. The Hall–Kier alpha value is -3.12. The van der Waals surface area contributed by atoms with Gasteiger partial charge in [-0.25, -0.2) is 8.42 Å². The number of rotatable bonds is 6. The van der Waals surface area contributed by atoms with E-state index in [-0.39, 0.29) is 4.90 Å². The molecule has 1 amide bonds. The molecular weight excluding hydrogens is 350 g/mol. The highest BCUT2D eigenvalue weighted by molar-refractivity contribution is 7.92. The first-order valence-electron chi connectivity index (χ1n) is 7.93. The summed E-state index contributed by atoms with van der Waals surface area (Å²) in [7, 11) is -3.67. The third kappa shape index (κ3) is 4.70.